The lowest BCUT2D eigenvalue weighted by atomic mass is 10.0. The lowest BCUT2D eigenvalue weighted by Gasteiger charge is -2.33. The predicted octanol–water partition coefficient (Wildman–Crippen LogP) is 2.38. The fourth-order valence-electron chi connectivity index (χ4n) is 3.75. The molecule has 1 aromatic rings. The first kappa shape index (κ1) is 14.0. The highest BCUT2D eigenvalue weighted by Gasteiger charge is 2.39. The van der Waals surface area contributed by atoms with Crippen LogP contribution in [0, 0.1) is 0 Å². The van der Waals surface area contributed by atoms with Gasteiger partial charge in [-0.3, -0.25) is 4.79 Å². The molecule has 0 N–H and O–H groups in total. The number of carbonyl (C=O) groups excluding carboxylic acids is 1. The molecule has 0 radical (unpaired) electrons. The third-order valence-corrected chi connectivity index (χ3v) is 4.98. The summed E-state index contributed by atoms with van der Waals surface area (Å²) in [5.41, 5.74) is 0.697. The van der Waals surface area contributed by atoms with Gasteiger partial charge in [-0.1, -0.05) is 11.6 Å². The number of hydrogen-bond donors (Lipinski definition) is 0. The minimum atomic E-state index is 0.127. The number of amides is 1. The number of likely N-dealkylation sites (tertiary alicyclic amines) is 2. The number of hydrogen-bond acceptors (Lipinski definition) is 2. The van der Waals surface area contributed by atoms with Crippen LogP contribution in [0.1, 0.15) is 36.2 Å². The molecule has 110 valence electrons. The molecule has 2 saturated heterocycles. The molecule has 5 heteroatoms. The summed E-state index contributed by atoms with van der Waals surface area (Å²) in [6.07, 6.45) is 6.48. The van der Waals surface area contributed by atoms with Crippen molar-refractivity contribution in [1.82, 2.24) is 14.4 Å². The van der Waals surface area contributed by atoms with Crippen LogP contribution in [0.2, 0.25) is 5.02 Å². The average Bonchev–Trinajstić information content (AvgIpc) is 3.08. The highest BCUT2D eigenvalue weighted by atomic mass is 35.5. The van der Waals surface area contributed by atoms with Crippen molar-refractivity contribution in [2.75, 3.05) is 20.1 Å². The number of aromatic nitrogens is 1. The normalized spacial score (nSPS) is 27.4. The van der Waals surface area contributed by atoms with Gasteiger partial charge in [-0.2, -0.15) is 0 Å². The Labute approximate surface area is 125 Å². The van der Waals surface area contributed by atoms with E-state index < -0.39 is 0 Å². The van der Waals surface area contributed by atoms with E-state index in [2.05, 4.69) is 16.8 Å². The SMILES string of the molecule is CN1CCC[C@@H]1[C@@H]1CCCN1C(=O)c1cc(Cl)cn1C. The monoisotopic (exact) mass is 295 g/mol. The van der Waals surface area contributed by atoms with Gasteiger partial charge in [-0.05, 0) is 45.3 Å². The van der Waals surface area contributed by atoms with Gasteiger partial charge in [0.05, 0.1) is 5.02 Å². The fourth-order valence-corrected chi connectivity index (χ4v) is 4.00. The van der Waals surface area contributed by atoms with E-state index in [0.717, 1.165) is 25.9 Å². The van der Waals surface area contributed by atoms with E-state index in [1.54, 1.807) is 12.3 Å². The molecule has 0 aromatic carbocycles. The Morgan fingerprint density at radius 3 is 2.50 bits per heavy atom. The van der Waals surface area contributed by atoms with Gasteiger partial charge in [0.1, 0.15) is 5.69 Å². The van der Waals surface area contributed by atoms with Crippen LogP contribution < -0.4 is 0 Å². The van der Waals surface area contributed by atoms with Gasteiger partial charge in [0.15, 0.2) is 0 Å². The largest absolute Gasteiger partial charge is 0.345 e. The third kappa shape index (κ3) is 2.35. The number of aryl methyl sites for hydroxylation is 1. The molecule has 0 bridgehead atoms. The molecular formula is C15H22ClN3O. The molecule has 2 aliphatic heterocycles. The van der Waals surface area contributed by atoms with Gasteiger partial charge in [0, 0.05) is 31.9 Å². The first-order valence-corrected chi connectivity index (χ1v) is 7.79. The van der Waals surface area contributed by atoms with Crippen LogP contribution in [-0.4, -0.2) is 52.5 Å². The molecule has 0 spiro atoms. The molecule has 4 nitrogen and oxygen atoms in total. The Morgan fingerprint density at radius 1 is 1.20 bits per heavy atom. The van der Waals surface area contributed by atoms with Crippen LogP contribution in [0.25, 0.3) is 0 Å². The Hall–Kier alpha value is -1.00. The molecule has 2 atom stereocenters. The minimum Gasteiger partial charge on any atom is -0.345 e. The summed E-state index contributed by atoms with van der Waals surface area (Å²) in [6.45, 7) is 2.02. The smallest absolute Gasteiger partial charge is 0.270 e. The standard InChI is InChI=1S/C15H22ClN3O/c1-17-7-3-5-12(17)13-6-4-8-19(13)15(20)14-9-11(16)10-18(14)2/h9-10,12-13H,3-8H2,1-2H3/t12-,13+/m1/s1. The van der Waals surface area contributed by atoms with Gasteiger partial charge in [0.25, 0.3) is 5.91 Å². The van der Waals surface area contributed by atoms with E-state index in [1.807, 2.05) is 11.6 Å². The maximum Gasteiger partial charge on any atom is 0.270 e. The molecule has 1 amide bonds. The minimum absolute atomic E-state index is 0.127. The summed E-state index contributed by atoms with van der Waals surface area (Å²) in [6, 6.07) is 2.67. The van der Waals surface area contributed by atoms with Gasteiger partial charge >= 0.3 is 0 Å². The Morgan fingerprint density at radius 2 is 1.90 bits per heavy atom. The van der Waals surface area contributed by atoms with E-state index in [4.69, 9.17) is 11.6 Å². The van der Waals surface area contributed by atoms with Crippen molar-refractivity contribution in [3.63, 3.8) is 0 Å². The van der Waals surface area contributed by atoms with Crippen LogP contribution in [-0.2, 0) is 7.05 Å². The highest BCUT2D eigenvalue weighted by molar-refractivity contribution is 6.31. The molecule has 1 aromatic heterocycles. The van der Waals surface area contributed by atoms with E-state index >= 15 is 0 Å². The van der Waals surface area contributed by atoms with E-state index in [9.17, 15) is 4.79 Å². The topological polar surface area (TPSA) is 28.5 Å². The first-order valence-electron chi connectivity index (χ1n) is 7.41. The maximum absolute atomic E-state index is 12.8. The molecule has 3 heterocycles. The molecule has 0 saturated carbocycles. The Kier molecular flexibility index (Phi) is 3.78. The number of rotatable bonds is 2. The number of nitrogens with zero attached hydrogens (tertiary/aromatic N) is 3. The summed E-state index contributed by atoms with van der Waals surface area (Å²) < 4.78 is 1.83. The Balaban J connectivity index is 1.81. The molecule has 0 aliphatic carbocycles. The highest BCUT2D eigenvalue weighted by Crippen LogP contribution is 2.30. The van der Waals surface area contributed by atoms with Crippen LogP contribution in [0.4, 0.5) is 0 Å². The Bertz CT molecular complexity index is 513. The van der Waals surface area contributed by atoms with Crippen LogP contribution in [0.15, 0.2) is 12.3 Å². The van der Waals surface area contributed by atoms with Crippen molar-refractivity contribution >= 4 is 17.5 Å². The van der Waals surface area contributed by atoms with E-state index in [1.165, 1.54) is 12.8 Å². The van der Waals surface area contributed by atoms with Crippen molar-refractivity contribution in [1.29, 1.82) is 0 Å². The summed E-state index contributed by atoms with van der Waals surface area (Å²) in [7, 11) is 4.06. The lowest BCUT2D eigenvalue weighted by molar-refractivity contribution is 0.0655. The summed E-state index contributed by atoms with van der Waals surface area (Å²) in [5, 5.41) is 0.629. The van der Waals surface area contributed by atoms with E-state index in [-0.39, 0.29) is 5.91 Å². The number of likely N-dealkylation sites (N-methyl/N-ethyl adjacent to an activating group) is 1. The van der Waals surface area contributed by atoms with Gasteiger partial charge in [0.2, 0.25) is 0 Å². The third-order valence-electron chi connectivity index (χ3n) is 4.77. The number of carbonyl (C=O) groups is 1. The zero-order chi connectivity index (χ0) is 14.3. The second-order valence-electron chi connectivity index (χ2n) is 6.05. The van der Waals surface area contributed by atoms with Crippen molar-refractivity contribution in [2.24, 2.45) is 7.05 Å². The predicted molar refractivity (Wildman–Crippen MR) is 80.1 cm³/mol. The molecule has 2 aliphatic rings. The van der Waals surface area contributed by atoms with Gasteiger partial charge in [-0.15, -0.1) is 0 Å². The van der Waals surface area contributed by atoms with Gasteiger partial charge in [-0.25, -0.2) is 0 Å². The first-order chi connectivity index (χ1) is 9.58. The van der Waals surface area contributed by atoms with Crippen molar-refractivity contribution in [3.8, 4) is 0 Å². The van der Waals surface area contributed by atoms with Crippen molar-refractivity contribution < 1.29 is 4.79 Å². The van der Waals surface area contributed by atoms with Crippen LogP contribution >= 0.6 is 11.6 Å². The molecule has 0 unspecified atom stereocenters. The van der Waals surface area contributed by atoms with Crippen LogP contribution in [0.5, 0.6) is 0 Å². The van der Waals surface area contributed by atoms with Crippen molar-refractivity contribution in [2.45, 2.75) is 37.8 Å². The summed E-state index contributed by atoms with van der Waals surface area (Å²) in [5.74, 6) is 0.127. The molecular weight excluding hydrogens is 274 g/mol. The quantitative estimate of drug-likeness (QED) is 0.838. The van der Waals surface area contributed by atoms with Gasteiger partial charge < -0.3 is 14.4 Å². The fraction of sp³-hybridized carbons (Fsp3) is 0.667. The molecule has 2 fully saturated rings. The number of halogens is 1. The second-order valence-corrected chi connectivity index (χ2v) is 6.49. The summed E-state index contributed by atoms with van der Waals surface area (Å²) in [4.78, 5) is 17.3. The second kappa shape index (κ2) is 5.41. The zero-order valence-electron chi connectivity index (χ0n) is 12.2. The lowest BCUT2D eigenvalue weighted by Crippen LogP contribution is -2.47. The van der Waals surface area contributed by atoms with Crippen molar-refractivity contribution in [3.05, 3.63) is 23.0 Å². The maximum atomic E-state index is 12.8. The zero-order valence-corrected chi connectivity index (χ0v) is 12.9. The van der Waals surface area contributed by atoms with E-state index in [0.29, 0.717) is 22.8 Å². The summed E-state index contributed by atoms with van der Waals surface area (Å²) >= 11 is 6.00. The molecule has 20 heavy (non-hydrogen) atoms. The van der Waals surface area contributed by atoms with Crippen LogP contribution in [0.3, 0.4) is 0 Å². The average molecular weight is 296 g/mol. The molecule has 3 rings (SSSR count).